The summed E-state index contributed by atoms with van der Waals surface area (Å²) in [6.07, 6.45) is 0.693. The summed E-state index contributed by atoms with van der Waals surface area (Å²) >= 11 is 0. The van der Waals surface area contributed by atoms with E-state index in [0.29, 0.717) is 24.5 Å². The Labute approximate surface area is 188 Å². The highest BCUT2D eigenvalue weighted by Gasteiger charge is 2.13. The third kappa shape index (κ3) is 5.60. The molecular formula is C25H30FN5O. The van der Waals surface area contributed by atoms with Gasteiger partial charge in [-0.1, -0.05) is 12.1 Å². The van der Waals surface area contributed by atoms with E-state index in [1.807, 2.05) is 51.6 Å². The van der Waals surface area contributed by atoms with Crippen molar-refractivity contribution in [2.45, 2.75) is 41.0 Å². The average Bonchev–Trinajstić information content (AvgIpc) is 2.95. The first-order chi connectivity index (χ1) is 15.1. The van der Waals surface area contributed by atoms with Crippen molar-refractivity contribution in [2.75, 3.05) is 11.9 Å². The van der Waals surface area contributed by atoms with Gasteiger partial charge in [0, 0.05) is 30.5 Å². The molecule has 0 aliphatic carbocycles. The van der Waals surface area contributed by atoms with Crippen molar-refractivity contribution >= 4 is 17.6 Å². The molecule has 0 atom stereocenters. The lowest BCUT2D eigenvalue weighted by Gasteiger charge is -2.13. The smallest absolute Gasteiger partial charge is 0.258 e. The van der Waals surface area contributed by atoms with Gasteiger partial charge in [0.05, 0.1) is 5.69 Å². The summed E-state index contributed by atoms with van der Waals surface area (Å²) in [5.41, 5.74) is 6.97. The fourth-order valence-corrected chi connectivity index (χ4v) is 3.67. The lowest BCUT2D eigenvalue weighted by Crippen LogP contribution is -2.36. The molecule has 3 rings (SSSR count). The molecule has 2 N–H and O–H groups in total. The van der Waals surface area contributed by atoms with Gasteiger partial charge in [-0.25, -0.2) is 4.39 Å². The molecule has 0 aliphatic rings. The Kier molecular flexibility index (Phi) is 7.08. The molecule has 32 heavy (non-hydrogen) atoms. The van der Waals surface area contributed by atoms with E-state index in [1.165, 1.54) is 6.07 Å². The Morgan fingerprint density at radius 1 is 1.06 bits per heavy atom. The first kappa shape index (κ1) is 23.2. The molecule has 0 aliphatic heterocycles. The highest BCUT2D eigenvalue weighted by Crippen LogP contribution is 2.15. The molecular weight excluding hydrogens is 405 g/mol. The first-order valence-electron chi connectivity index (χ1n) is 10.6. The topological polar surface area (TPSA) is 71.3 Å². The molecule has 1 amide bonds. The van der Waals surface area contributed by atoms with Gasteiger partial charge in [0.1, 0.15) is 5.82 Å². The van der Waals surface area contributed by atoms with E-state index >= 15 is 0 Å². The molecule has 0 saturated heterocycles. The molecule has 7 heteroatoms. The van der Waals surface area contributed by atoms with Crippen LogP contribution in [0.25, 0.3) is 0 Å². The number of amides is 1. The van der Waals surface area contributed by atoms with Gasteiger partial charge in [0.15, 0.2) is 0 Å². The van der Waals surface area contributed by atoms with E-state index in [4.69, 9.17) is 0 Å². The number of aryl methyl sites for hydroxylation is 5. The van der Waals surface area contributed by atoms with Crippen LogP contribution in [0.2, 0.25) is 0 Å². The third-order valence-corrected chi connectivity index (χ3v) is 5.44. The monoisotopic (exact) mass is 435 g/mol. The van der Waals surface area contributed by atoms with Crippen molar-refractivity contribution in [3.8, 4) is 0 Å². The Morgan fingerprint density at radius 2 is 1.75 bits per heavy atom. The first-order valence-corrected chi connectivity index (χ1v) is 10.6. The maximum Gasteiger partial charge on any atom is 0.258 e. The van der Waals surface area contributed by atoms with Crippen LogP contribution in [0, 0.1) is 40.4 Å². The molecule has 0 saturated carbocycles. The second kappa shape index (κ2) is 9.77. The van der Waals surface area contributed by atoms with Crippen molar-refractivity contribution in [3.05, 3.63) is 81.4 Å². The molecule has 3 aromatic rings. The predicted molar refractivity (Wildman–Crippen MR) is 127 cm³/mol. The maximum atomic E-state index is 13.9. The molecule has 0 bridgehead atoms. The van der Waals surface area contributed by atoms with Crippen LogP contribution in [-0.4, -0.2) is 28.2 Å². The number of rotatable bonds is 5. The van der Waals surface area contributed by atoms with Crippen molar-refractivity contribution < 1.29 is 9.18 Å². The maximum absolute atomic E-state index is 13.9. The standard InChI is InChI=1S/C25H30FN5O/c1-15-11-16(2)13-21(12-15)28-25(27-10-9-22-18(4)30-31(6)19(22)5)29-24(32)20-8-7-17(3)23(26)14-20/h7-8,11-14H,9-10H2,1-6H3,(H2,27,28,29,32). The summed E-state index contributed by atoms with van der Waals surface area (Å²) < 4.78 is 15.8. The van der Waals surface area contributed by atoms with Gasteiger partial charge < -0.3 is 5.32 Å². The number of halogens is 1. The Hall–Kier alpha value is -3.48. The molecule has 0 radical (unpaired) electrons. The lowest BCUT2D eigenvalue weighted by atomic mass is 10.1. The quantitative estimate of drug-likeness (QED) is 0.457. The minimum absolute atomic E-state index is 0.238. The Morgan fingerprint density at radius 3 is 2.34 bits per heavy atom. The molecule has 168 valence electrons. The summed E-state index contributed by atoms with van der Waals surface area (Å²) in [5, 5.41) is 10.5. The van der Waals surface area contributed by atoms with Crippen LogP contribution >= 0.6 is 0 Å². The fourth-order valence-electron chi connectivity index (χ4n) is 3.67. The lowest BCUT2D eigenvalue weighted by molar-refractivity contribution is 0.0976. The van der Waals surface area contributed by atoms with Crippen molar-refractivity contribution in [3.63, 3.8) is 0 Å². The van der Waals surface area contributed by atoms with Crippen molar-refractivity contribution in [1.29, 1.82) is 0 Å². The number of nitrogens with zero attached hydrogens (tertiary/aromatic N) is 3. The van der Waals surface area contributed by atoms with Crippen LogP contribution in [-0.2, 0) is 13.5 Å². The van der Waals surface area contributed by atoms with Crippen LogP contribution < -0.4 is 10.6 Å². The third-order valence-electron chi connectivity index (χ3n) is 5.44. The number of hydrogen-bond acceptors (Lipinski definition) is 3. The summed E-state index contributed by atoms with van der Waals surface area (Å²) in [6.45, 7) is 10.2. The Balaban J connectivity index is 1.83. The molecule has 0 fully saturated rings. The number of hydrogen-bond donors (Lipinski definition) is 2. The summed E-state index contributed by atoms with van der Waals surface area (Å²) in [5.74, 6) is -0.519. The Bertz CT molecular complexity index is 1160. The SMILES string of the molecule is Cc1cc(C)cc(NC(=NCCc2c(C)nn(C)c2C)NC(=O)c2ccc(C)c(F)c2)c1. The average molecular weight is 436 g/mol. The van der Waals surface area contributed by atoms with E-state index in [1.54, 1.807) is 19.1 Å². The molecule has 0 unspecified atom stereocenters. The number of carbonyl (C=O) groups is 1. The molecule has 1 aromatic heterocycles. The highest BCUT2D eigenvalue weighted by molar-refractivity contribution is 6.10. The molecule has 2 aromatic carbocycles. The predicted octanol–water partition coefficient (Wildman–Crippen LogP) is 4.54. The zero-order chi connectivity index (χ0) is 23.4. The molecule has 0 spiro atoms. The van der Waals surface area contributed by atoms with Crippen LogP contribution in [0.4, 0.5) is 10.1 Å². The number of guanidine groups is 1. The minimum atomic E-state index is -0.423. The van der Waals surface area contributed by atoms with Gasteiger partial charge >= 0.3 is 0 Å². The zero-order valence-electron chi connectivity index (χ0n) is 19.5. The number of nitrogens with one attached hydrogen (secondary N) is 2. The number of benzene rings is 2. The normalized spacial score (nSPS) is 11.5. The summed E-state index contributed by atoms with van der Waals surface area (Å²) in [7, 11) is 1.92. The van der Waals surface area contributed by atoms with Crippen LogP contribution in [0.1, 0.15) is 44.0 Å². The van der Waals surface area contributed by atoms with Crippen LogP contribution in [0.15, 0.2) is 41.4 Å². The van der Waals surface area contributed by atoms with Gasteiger partial charge in [-0.2, -0.15) is 5.10 Å². The highest BCUT2D eigenvalue weighted by atomic mass is 19.1. The molecule has 6 nitrogen and oxygen atoms in total. The largest absolute Gasteiger partial charge is 0.326 e. The number of anilines is 1. The second-order valence-corrected chi connectivity index (χ2v) is 8.17. The van der Waals surface area contributed by atoms with Gasteiger partial charge in [0.2, 0.25) is 5.96 Å². The second-order valence-electron chi connectivity index (χ2n) is 8.17. The summed E-state index contributed by atoms with van der Waals surface area (Å²) in [6, 6.07) is 10.5. The van der Waals surface area contributed by atoms with Gasteiger partial charge in [-0.3, -0.25) is 19.8 Å². The van der Waals surface area contributed by atoms with Gasteiger partial charge in [-0.15, -0.1) is 0 Å². The van der Waals surface area contributed by atoms with Crippen LogP contribution in [0.3, 0.4) is 0 Å². The number of carbonyl (C=O) groups excluding carboxylic acids is 1. The number of aliphatic imine (C=N–C) groups is 1. The van der Waals surface area contributed by atoms with Gasteiger partial charge in [0.25, 0.3) is 5.91 Å². The van der Waals surface area contributed by atoms with Crippen LogP contribution in [0.5, 0.6) is 0 Å². The van der Waals surface area contributed by atoms with Crippen molar-refractivity contribution in [1.82, 2.24) is 15.1 Å². The fraction of sp³-hybridized carbons (Fsp3) is 0.320. The van der Waals surface area contributed by atoms with E-state index in [0.717, 1.165) is 33.8 Å². The van der Waals surface area contributed by atoms with E-state index in [-0.39, 0.29) is 5.56 Å². The van der Waals surface area contributed by atoms with E-state index < -0.39 is 11.7 Å². The van der Waals surface area contributed by atoms with Gasteiger partial charge in [-0.05, 0) is 87.6 Å². The summed E-state index contributed by atoms with van der Waals surface area (Å²) in [4.78, 5) is 17.4. The van der Waals surface area contributed by atoms with Crippen molar-refractivity contribution in [2.24, 2.45) is 12.0 Å². The zero-order valence-corrected chi connectivity index (χ0v) is 19.5. The van der Waals surface area contributed by atoms with E-state index in [2.05, 4.69) is 26.8 Å². The number of aromatic nitrogens is 2. The molecule has 1 heterocycles. The minimum Gasteiger partial charge on any atom is -0.326 e. The van der Waals surface area contributed by atoms with E-state index in [9.17, 15) is 9.18 Å².